The van der Waals surface area contributed by atoms with Gasteiger partial charge >= 0.3 is 0 Å². The summed E-state index contributed by atoms with van der Waals surface area (Å²) in [4.78, 5) is 0. The summed E-state index contributed by atoms with van der Waals surface area (Å²) >= 11 is 0. The zero-order valence-corrected chi connectivity index (χ0v) is 10.9. The highest BCUT2D eigenvalue weighted by Gasteiger charge is 2.49. The summed E-state index contributed by atoms with van der Waals surface area (Å²) in [5.74, 6) is -2.12. The molecule has 3 unspecified atom stereocenters. The SMILES string of the molecule is CC(C)C1CCCCC1(C)C(C)C(O)(O)O. The Bertz CT molecular complexity index is 228. The summed E-state index contributed by atoms with van der Waals surface area (Å²) < 4.78 is 0. The van der Waals surface area contributed by atoms with Crippen LogP contribution in [0.15, 0.2) is 0 Å². The van der Waals surface area contributed by atoms with Crippen molar-refractivity contribution < 1.29 is 15.3 Å². The molecule has 3 atom stereocenters. The van der Waals surface area contributed by atoms with Crippen LogP contribution in [0, 0.1) is 23.2 Å². The van der Waals surface area contributed by atoms with E-state index in [-0.39, 0.29) is 5.41 Å². The van der Waals surface area contributed by atoms with E-state index in [1.54, 1.807) is 6.92 Å². The van der Waals surface area contributed by atoms with Gasteiger partial charge in [-0.15, -0.1) is 0 Å². The molecule has 0 amide bonds. The molecule has 3 N–H and O–H groups in total. The lowest BCUT2D eigenvalue weighted by Gasteiger charge is -2.49. The van der Waals surface area contributed by atoms with Crippen LogP contribution in [0.4, 0.5) is 0 Å². The zero-order valence-electron chi connectivity index (χ0n) is 10.9. The highest BCUT2D eigenvalue weighted by molar-refractivity contribution is 4.93. The minimum Gasteiger partial charge on any atom is -0.343 e. The lowest BCUT2D eigenvalue weighted by Crippen LogP contribution is -2.50. The Hall–Kier alpha value is -0.120. The molecule has 0 spiro atoms. The fraction of sp³-hybridized carbons (Fsp3) is 1.00. The van der Waals surface area contributed by atoms with Gasteiger partial charge in [0.1, 0.15) is 0 Å². The van der Waals surface area contributed by atoms with Gasteiger partial charge in [-0.05, 0) is 30.1 Å². The molecule has 96 valence electrons. The summed E-state index contributed by atoms with van der Waals surface area (Å²) in [6.07, 6.45) is 4.40. The van der Waals surface area contributed by atoms with Crippen molar-refractivity contribution in [1.82, 2.24) is 0 Å². The number of hydrogen-bond donors (Lipinski definition) is 3. The van der Waals surface area contributed by atoms with Gasteiger partial charge in [0.15, 0.2) is 0 Å². The van der Waals surface area contributed by atoms with Crippen LogP contribution in [0.3, 0.4) is 0 Å². The Morgan fingerprint density at radius 3 is 2.12 bits per heavy atom. The first kappa shape index (κ1) is 13.9. The average molecular weight is 230 g/mol. The van der Waals surface area contributed by atoms with Crippen LogP contribution in [0.5, 0.6) is 0 Å². The summed E-state index contributed by atoms with van der Waals surface area (Å²) in [6, 6.07) is 0. The minimum absolute atomic E-state index is 0.190. The first-order valence-corrected chi connectivity index (χ1v) is 6.36. The fourth-order valence-corrected chi connectivity index (χ4v) is 3.46. The third-order valence-corrected chi connectivity index (χ3v) is 4.70. The van der Waals surface area contributed by atoms with E-state index in [0.29, 0.717) is 11.8 Å². The van der Waals surface area contributed by atoms with Gasteiger partial charge < -0.3 is 15.3 Å². The maximum Gasteiger partial charge on any atom is 0.278 e. The Balaban J connectivity index is 2.94. The monoisotopic (exact) mass is 230 g/mol. The summed E-state index contributed by atoms with van der Waals surface area (Å²) in [5.41, 5.74) is -0.190. The molecule has 0 aromatic heterocycles. The minimum atomic E-state index is -2.56. The molecule has 1 fully saturated rings. The lowest BCUT2D eigenvalue weighted by atomic mass is 9.57. The van der Waals surface area contributed by atoms with Crippen molar-refractivity contribution >= 4 is 0 Å². The molecule has 0 radical (unpaired) electrons. The Labute approximate surface area is 98.5 Å². The molecule has 16 heavy (non-hydrogen) atoms. The summed E-state index contributed by atoms with van der Waals surface area (Å²) in [7, 11) is 0. The van der Waals surface area contributed by atoms with E-state index in [1.165, 1.54) is 6.42 Å². The second-order valence-electron chi connectivity index (χ2n) is 6.01. The van der Waals surface area contributed by atoms with E-state index >= 15 is 0 Å². The molecular weight excluding hydrogens is 204 g/mol. The topological polar surface area (TPSA) is 60.7 Å². The second-order valence-corrected chi connectivity index (χ2v) is 6.01. The van der Waals surface area contributed by atoms with Gasteiger partial charge in [0.05, 0.1) is 0 Å². The van der Waals surface area contributed by atoms with Gasteiger partial charge in [0.2, 0.25) is 0 Å². The second kappa shape index (κ2) is 4.63. The van der Waals surface area contributed by atoms with E-state index in [4.69, 9.17) is 0 Å². The van der Waals surface area contributed by atoms with Gasteiger partial charge in [0.25, 0.3) is 5.97 Å². The lowest BCUT2D eigenvalue weighted by molar-refractivity contribution is -0.360. The molecule has 1 aliphatic rings. The van der Waals surface area contributed by atoms with Crippen molar-refractivity contribution in [3.63, 3.8) is 0 Å². The van der Waals surface area contributed by atoms with Crippen LogP contribution in [-0.2, 0) is 0 Å². The molecule has 0 saturated heterocycles. The number of rotatable bonds is 3. The molecule has 3 nitrogen and oxygen atoms in total. The first-order chi connectivity index (χ1) is 7.19. The third-order valence-electron chi connectivity index (χ3n) is 4.70. The van der Waals surface area contributed by atoms with Crippen LogP contribution in [-0.4, -0.2) is 21.3 Å². The van der Waals surface area contributed by atoms with Crippen molar-refractivity contribution in [3.05, 3.63) is 0 Å². The number of hydrogen-bond acceptors (Lipinski definition) is 3. The molecule has 0 bridgehead atoms. The van der Waals surface area contributed by atoms with E-state index < -0.39 is 11.9 Å². The van der Waals surface area contributed by atoms with Crippen molar-refractivity contribution in [2.24, 2.45) is 23.2 Å². The Morgan fingerprint density at radius 1 is 1.12 bits per heavy atom. The quantitative estimate of drug-likeness (QED) is 0.651. The third kappa shape index (κ3) is 2.58. The fourth-order valence-electron chi connectivity index (χ4n) is 3.46. The van der Waals surface area contributed by atoms with Gasteiger partial charge in [0, 0.05) is 5.92 Å². The van der Waals surface area contributed by atoms with Gasteiger partial charge in [-0.25, -0.2) is 0 Å². The van der Waals surface area contributed by atoms with Crippen LogP contribution in [0.25, 0.3) is 0 Å². The predicted molar refractivity (Wildman–Crippen MR) is 63.5 cm³/mol. The highest BCUT2D eigenvalue weighted by Crippen LogP contribution is 2.51. The molecule has 1 saturated carbocycles. The molecule has 1 rings (SSSR count). The first-order valence-electron chi connectivity index (χ1n) is 6.36. The largest absolute Gasteiger partial charge is 0.343 e. The van der Waals surface area contributed by atoms with Crippen LogP contribution < -0.4 is 0 Å². The van der Waals surface area contributed by atoms with Crippen molar-refractivity contribution in [1.29, 1.82) is 0 Å². The summed E-state index contributed by atoms with van der Waals surface area (Å²) in [5, 5.41) is 28.2. The van der Waals surface area contributed by atoms with Crippen LogP contribution in [0.2, 0.25) is 0 Å². The van der Waals surface area contributed by atoms with Crippen LogP contribution >= 0.6 is 0 Å². The molecule has 1 aliphatic carbocycles. The van der Waals surface area contributed by atoms with Crippen molar-refractivity contribution in [3.8, 4) is 0 Å². The maximum absolute atomic E-state index is 9.41. The van der Waals surface area contributed by atoms with Crippen molar-refractivity contribution in [2.45, 2.75) is 59.4 Å². The molecule has 0 aromatic carbocycles. The van der Waals surface area contributed by atoms with Crippen LogP contribution in [0.1, 0.15) is 53.4 Å². The summed E-state index contributed by atoms with van der Waals surface area (Å²) in [6.45, 7) is 8.17. The van der Waals surface area contributed by atoms with Gasteiger partial charge in [-0.2, -0.15) is 0 Å². The standard InChI is InChI=1S/C13H26O3/c1-9(2)11-7-5-6-8-12(11,4)10(3)13(14,15)16/h9-11,14-16H,5-8H2,1-4H3. The van der Waals surface area contributed by atoms with Gasteiger partial charge in [-0.3, -0.25) is 0 Å². The molecule has 3 heteroatoms. The zero-order chi connectivity index (χ0) is 12.6. The highest BCUT2D eigenvalue weighted by atomic mass is 16.7. The average Bonchev–Trinajstić information content (AvgIpc) is 2.15. The van der Waals surface area contributed by atoms with E-state index in [2.05, 4.69) is 20.8 Å². The molecule has 0 aliphatic heterocycles. The van der Waals surface area contributed by atoms with Crippen molar-refractivity contribution in [2.75, 3.05) is 0 Å². The van der Waals surface area contributed by atoms with E-state index in [9.17, 15) is 15.3 Å². The predicted octanol–water partition coefficient (Wildman–Crippen LogP) is 2.11. The maximum atomic E-state index is 9.41. The smallest absolute Gasteiger partial charge is 0.278 e. The van der Waals surface area contributed by atoms with E-state index in [0.717, 1.165) is 19.3 Å². The Morgan fingerprint density at radius 2 is 1.69 bits per heavy atom. The number of aliphatic hydroxyl groups is 3. The Kier molecular flexibility index (Phi) is 4.04. The van der Waals surface area contributed by atoms with E-state index in [1.807, 2.05) is 0 Å². The van der Waals surface area contributed by atoms with Gasteiger partial charge in [-0.1, -0.05) is 40.5 Å². The molecular formula is C13H26O3. The molecule has 0 aromatic rings. The molecule has 0 heterocycles. The normalized spacial score (nSPS) is 34.1.